The lowest BCUT2D eigenvalue weighted by Gasteiger charge is -2.25. The highest BCUT2D eigenvalue weighted by Gasteiger charge is 2.25. The first-order valence-corrected chi connectivity index (χ1v) is 4.16. The molecule has 0 fully saturated rings. The van der Waals surface area contributed by atoms with Gasteiger partial charge in [-0.25, -0.2) is 0 Å². The SMILES string of the molecule is CC(C)N(CCC(=O)O)C(=O)C(F)F. The molecule has 0 radical (unpaired) electrons. The average molecular weight is 209 g/mol. The number of carbonyl (C=O) groups excluding carboxylic acids is 1. The lowest BCUT2D eigenvalue weighted by molar-refractivity contribution is -0.146. The fraction of sp³-hybridized carbons (Fsp3) is 0.750. The van der Waals surface area contributed by atoms with Crippen LogP contribution < -0.4 is 0 Å². The normalized spacial score (nSPS) is 10.7. The highest BCUT2D eigenvalue weighted by Crippen LogP contribution is 2.06. The van der Waals surface area contributed by atoms with Crippen molar-refractivity contribution >= 4 is 11.9 Å². The number of halogens is 2. The van der Waals surface area contributed by atoms with Crippen LogP contribution in [0.15, 0.2) is 0 Å². The van der Waals surface area contributed by atoms with Crippen LogP contribution in [0.4, 0.5) is 8.78 Å². The minimum atomic E-state index is -3.08. The third-order valence-electron chi connectivity index (χ3n) is 1.66. The van der Waals surface area contributed by atoms with E-state index in [0.29, 0.717) is 0 Å². The number of nitrogens with zero attached hydrogens (tertiary/aromatic N) is 1. The summed E-state index contributed by atoms with van der Waals surface area (Å²) in [5.74, 6) is -2.43. The topological polar surface area (TPSA) is 57.6 Å². The van der Waals surface area contributed by atoms with Gasteiger partial charge in [0.2, 0.25) is 0 Å². The van der Waals surface area contributed by atoms with Crippen molar-refractivity contribution in [3.63, 3.8) is 0 Å². The summed E-state index contributed by atoms with van der Waals surface area (Å²) in [7, 11) is 0. The summed E-state index contributed by atoms with van der Waals surface area (Å²) in [5.41, 5.74) is 0. The predicted molar refractivity (Wildman–Crippen MR) is 45.1 cm³/mol. The monoisotopic (exact) mass is 209 g/mol. The van der Waals surface area contributed by atoms with Crippen LogP contribution in [0.5, 0.6) is 0 Å². The van der Waals surface area contributed by atoms with Crippen LogP contribution in [-0.4, -0.2) is 40.9 Å². The van der Waals surface area contributed by atoms with Gasteiger partial charge in [-0.2, -0.15) is 8.78 Å². The third kappa shape index (κ3) is 4.15. The van der Waals surface area contributed by atoms with Gasteiger partial charge in [-0.15, -0.1) is 0 Å². The van der Waals surface area contributed by atoms with Gasteiger partial charge >= 0.3 is 12.4 Å². The zero-order valence-electron chi connectivity index (χ0n) is 8.04. The van der Waals surface area contributed by atoms with Crippen LogP contribution in [0.2, 0.25) is 0 Å². The lowest BCUT2D eigenvalue weighted by atomic mass is 10.3. The molecule has 0 aromatic carbocycles. The van der Waals surface area contributed by atoms with Crippen LogP contribution in [0, 0.1) is 0 Å². The Labute approximate surface area is 80.5 Å². The van der Waals surface area contributed by atoms with Crippen LogP contribution in [0.1, 0.15) is 20.3 Å². The van der Waals surface area contributed by atoms with Crippen molar-refractivity contribution in [2.45, 2.75) is 32.7 Å². The molecule has 0 saturated carbocycles. The molecule has 0 bridgehead atoms. The number of amides is 1. The van der Waals surface area contributed by atoms with E-state index in [1.807, 2.05) is 0 Å². The Bertz CT molecular complexity index is 219. The van der Waals surface area contributed by atoms with E-state index in [0.717, 1.165) is 4.90 Å². The summed E-state index contributed by atoms with van der Waals surface area (Å²) in [6.07, 6.45) is -3.40. The van der Waals surface area contributed by atoms with Crippen molar-refractivity contribution in [3.05, 3.63) is 0 Å². The third-order valence-corrected chi connectivity index (χ3v) is 1.66. The Kier molecular flexibility index (Phi) is 5.04. The maximum atomic E-state index is 12.0. The first-order chi connectivity index (χ1) is 6.36. The number of carbonyl (C=O) groups is 2. The summed E-state index contributed by atoms with van der Waals surface area (Å²) in [6.45, 7) is 2.93. The Balaban J connectivity index is 4.29. The molecular weight excluding hydrogens is 196 g/mol. The summed E-state index contributed by atoms with van der Waals surface area (Å²) in [6, 6.07) is -0.421. The molecule has 0 aromatic rings. The Morgan fingerprint density at radius 1 is 1.36 bits per heavy atom. The van der Waals surface area contributed by atoms with E-state index >= 15 is 0 Å². The highest BCUT2D eigenvalue weighted by molar-refractivity contribution is 5.80. The number of hydrogen-bond acceptors (Lipinski definition) is 2. The predicted octanol–water partition coefficient (Wildman–Crippen LogP) is 0.963. The van der Waals surface area contributed by atoms with Gasteiger partial charge in [-0.1, -0.05) is 0 Å². The summed E-state index contributed by atoms with van der Waals surface area (Å²) in [5, 5.41) is 8.34. The molecule has 14 heavy (non-hydrogen) atoms. The van der Waals surface area contributed by atoms with Gasteiger partial charge in [-0.3, -0.25) is 9.59 Å². The van der Waals surface area contributed by atoms with E-state index in [-0.39, 0.29) is 13.0 Å². The maximum Gasteiger partial charge on any atom is 0.315 e. The average Bonchev–Trinajstić information content (AvgIpc) is 2.02. The van der Waals surface area contributed by atoms with Crippen molar-refractivity contribution < 1.29 is 23.5 Å². The second kappa shape index (κ2) is 5.51. The summed E-state index contributed by atoms with van der Waals surface area (Å²) in [4.78, 5) is 21.9. The van der Waals surface area contributed by atoms with Crippen molar-refractivity contribution in [3.8, 4) is 0 Å². The second-order valence-corrected chi connectivity index (χ2v) is 3.07. The van der Waals surface area contributed by atoms with Gasteiger partial charge in [0.05, 0.1) is 6.42 Å². The van der Waals surface area contributed by atoms with Crippen molar-refractivity contribution in [2.24, 2.45) is 0 Å². The van der Waals surface area contributed by atoms with Crippen molar-refractivity contribution in [1.29, 1.82) is 0 Å². The van der Waals surface area contributed by atoms with Gasteiger partial charge in [0.1, 0.15) is 0 Å². The molecule has 4 nitrogen and oxygen atoms in total. The van der Waals surface area contributed by atoms with Gasteiger partial charge in [0, 0.05) is 12.6 Å². The van der Waals surface area contributed by atoms with Crippen LogP contribution in [0.3, 0.4) is 0 Å². The molecule has 0 heterocycles. The molecule has 0 atom stereocenters. The first kappa shape index (κ1) is 12.8. The molecule has 0 rings (SSSR count). The fourth-order valence-electron chi connectivity index (χ4n) is 0.964. The minimum Gasteiger partial charge on any atom is -0.481 e. The minimum absolute atomic E-state index is 0.184. The summed E-state index contributed by atoms with van der Waals surface area (Å²) >= 11 is 0. The smallest absolute Gasteiger partial charge is 0.315 e. The van der Waals surface area contributed by atoms with Gasteiger partial charge in [0.25, 0.3) is 5.91 Å². The zero-order valence-corrected chi connectivity index (χ0v) is 8.04. The van der Waals surface area contributed by atoms with Crippen molar-refractivity contribution in [2.75, 3.05) is 6.54 Å². The fourth-order valence-corrected chi connectivity index (χ4v) is 0.964. The Morgan fingerprint density at radius 2 is 1.86 bits per heavy atom. The van der Waals surface area contributed by atoms with E-state index in [4.69, 9.17) is 5.11 Å². The molecule has 0 aliphatic heterocycles. The van der Waals surface area contributed by atoms with Crippen LogP contribution >= 0.6 is 0 Å². The molecule has 6 heteroatoms. The van der Waals surface area contributed by atoms with E-state index in [1.54, 1.807) is 13.8 Å². The first-order valence-electron chi connectivity index (χ1n) is 4.16. The molecule has 0 saturated heterocycles. The Hall–Kier alpha value is -1.20. The molecule has 0 aliphatic rings. The standard InChI is InChI=1S/C8H13F2NO3/c1-5(2)11(4-3-6(12)13)8(14)7(9)10/h5,7H,3-4H2,1-2H3,(H,12,13). The van der Waals surface area contributed by atoms with Gasteiger partial charge in [-0.05, 0) is 13.8 Å². The maximum absolute atomic E-state index is 12.0. The molecule has 82 valence electrons. The molecular formula is C8H13F2NO3. The molecule has 0 unspecified atom stereocenters. The lowest BCUT2D eigenvalue weighted by Crippen LogP contribution is -2.41. The number of hydrogen-bond donors (Lipinski definition) is 1. The quantitative estimate of drug-likeness (QED) is 0.733. The van der Waals surface area contributed by atoms with E-state index in [9.17, 15) is 18.4 Å². The number of carboxylic acid groups (broad SMARTS) is 1. The summed E-state index contributed by atoms with van der Waals surface area (Å²) < 4.78 is 24.0. The van der Waals surface area contributed by atoms with Crippen molar-refractivity contribution in [1.82, 2.24) is 4.90 Å². The van der Waals surface area contributed by atoms with Gasteiger partial charge < -0.3 is 10.0 Å². The van der Waals surface area contributed by atoms with Gasteiger partial charge in [0.15, 0.2) is 0 Å². The number of rotatable bonds is 5. The van der Waals surface area contributed by atoms with E-state index < -0.39 is 24.3 Å². The van der Waals surface area contributed by atoms with E-state index in [1.165, 1.54) is 0 Å². The largest absolute Gasteiger partial charge is 0.481 e. The van der Waals surface area contributed by atoms with Crippen LogP contribution in [0.25, 0.3) is 0 Å². The molecule has 0 aromatic heterocycles. The number of aliphatic carboxylic acids is 1. The number of carboxylic acids is 1. The molecule has 0 aliphatic carbocycles. The molecule has 0 spiro atoms. The Morgan fingerprint density at radius 3 is 2.14 bits per heavy atom. The second-order valence-electron chi connectivity index (χ2n) is 3.07. The molecule has 1 N–H and O–H groups in total. The molecule has 1 amide bonds. The zero-order chi connectivity index (χ0) is 11.3. The van der Waals surface area contributed by atoms with Crippen LogP contribution in [-0.2, 0) is 9.59 Å². The highest BCUT2D eigenvalue weighted by atomic mass is 19.3. The van der Waals surface area contributed by atoms with E-state index in [2.05, 4.69) is 0 Å². The number of alkyl halides is 2.